The summed E-state index contributed by atoms with van der Waals surface area (Å²) in [6, 6.07) is 4.47. The van der Waals surface area contributed by atoms with Crippen LogP contribution in [0.1, 0.15) is 40.8 Å². The van der Waals surface area contributed by atoms with Crippen LogP contribution in [0.15, 0.2) is 29.5 Å². The maximum absolute atomic E-state index is 5.97. The summed E-state index contributed by atoms with van der Waals surface area (Å²) in [7, 11) is 1.93. The van der Waals surface area contributed by atoms with Crippen LogP contribution in [0, 0.1) is 20.8 Å². The molecule has 1 saturated heterocycles. The minimum absolute atomic E-state index is 0. The highest BCUT2D eigenvalue weighted by molar-refractivity contribution is 14.0. The fourth-order valence-corrected chi connectivity index (χ4v) is 3.69. The number of aliphatic imine (C=N–C) groups is 1. The summed E-state index contributed by atoms with van der Waals surface area (Å²) in [6.45, 7) is 12.4. The molecule has 0 spiro atoms. The summed E-state index contributed by atoms with van der Waals surface area (Å²) in [5.41, 5.74) is 6.35. The van der Waals surface area contributed by atoms with Crippen molar-refractivity contribution in [2.45, 2.75) is 40.3 Å². The van der Waals surface area contributed by atoms with Crippen molar-refractivity contribution in [2.24, 2.45) is 12.0 Å². The summed E-state index contributed by atoms with van der Waals surface area (Å²) < 4.78 is 7.79. The van der Waals surface area contributed by atoms with E-state index in [0.717, 1.165) is 31.2 Å². The highest BCUT2D eigenvalue weighted by Crippen LogP contribution is 2.22. The van der Waals surface area contributed by atoms with Gasteiger partial charge in [0.25, 0.3) is 0 Å². The normalized spacial score (nSPS) is 17.4. The highest BCUT2D eigenvalue weighted by atomic mass is 127. The molecule has 1 unspecified atom stereocenters. The number of hydrogen-bond donors (Lipinski definition) is 1. The standard InChI is InChI=1S/C21H31N5O.HI/c1-6-22-21(23-12-19-16(3)9-15(2)10-17(19)4)26-7-8-27-20(14-26)18-11-24-25(5)13-18;/h9-11,13,20H,6-8,12,14H2,1-5H3,(H,22,23);1H. The van der Waals surface area contributed by atoms with Gasteiger partial charge in [0.05, 0.1) is 25.9 Å². The molecule has 1 aromatic carbocycles. The van der Waals surface area contributed by atoms with Crippen molar-refractivity contribution >= 4 is 29.9 Å². The van der Waals surface area contributed by atoms with Gasteiger partial charge in [-0.25, -0.2) is 4.99 Å². The Hall–Kier alpha value is -1.61. The third-order valence-corrected chi connectivity index (χ3v) is 5.02. The molecule has 6 nitrogen and oxygen atoms in total. The minimum Gasteiger partial charge on any atom is -0.370 e. The number of morpholine rings is 1. The second-order valence-corrected chi connectivity index (χ2v) is 7.30. The average molecular weight is 497 g/mol. The smallest absolute Gasteiger partial charge is 0.194 e. The topological polar surface area (TPSA) is 54.7 Å². The summed E-state index contributed by atoms with van der Waals surface area (Å²) >= 11 is 0. The first-order chi connectivity index (χ1) is 13.0. The molecule has 3 rings (SSSR count). The highest BCUT2D eigenvalue weighted by Gasteiger charge is 2.25. The molecule has 28 heavy (non-hydrogen) atoms. The first-order valence-corrected chi connectivity index (χ1v) is 9.68. The molecule has 0 saturated carbocycles. The van der Waals surface area contributed by atoms with E-state index in [9.17, 15) is 0 Å². The zero-order valence-electron chi connectivity index (χ0n) is 17.5. The van der Waals surface area contributed by atoms with Crippen LogP contribution in [0.3, 0.4) is 0 Å². The monoisotopic (exact) mass is 497 g/mol. The van der Waals surface area contributed by atoms with Gasteiger partial charge < -0.3 is 15.0 Å². The predicted molar refractivity (Wildman–Crippen MR) is 124 cm³/mol. The van der Waals surface area contributed by atoms with Crippen molar-refractivity contribution in [2.75, 3.05) is 26.2 Å². The van der Waals surface area contributed by atoms with Crippen molar-refractivity contribution in [3.05, 3.63) is 52.3 Å². The number of benzene rings is 1. The van der Waals surface area contributed by atoms with Gasteiger partial charge in [0.2, 0.25) is 0 Å². The largest absolute Gasteiger partial charge is 0.370 e. The first kappa shape index (κ1) is 22.7. The number of guanidine groups is 1. The quantitative estimate of drug-likeness (QED) is 0.399. The van der Waals surface area contributed by atoms with E-state index in [2.05, 4.69) is 55.1 Å². The van der Waals surface area contributed by atoms with Crippen LogP contribution in [-0.2, 0) is 18.3 Å². The van der Waals surface area contributed by atoms with Crippen LogP contribution in [0.2, 0.25) is 0 Å². The lowest BCUT2D eigenvalue weighted by Gasteiger charge is -2.34. The molecule has 0 aliphatic carbocycles. The number of rotatable bonds is 4. The number of nitrogens with one attached hydrogen (secondary N) is 1. The van der Waals surface area contributed by atoms with Gasteiger partial charge in [-0.1, -0.05) is 17.7 Å². The van der Waals surface area contributed by atoms with E-state index in [1.54, 1.807) is 0 Å². The Labute approximate surface area is 185 Å². The fourth-order valence-electron chi connectivity index (χ4n) is 3.69. The number of ether oxygens (including phenoxy) is 1. The Morgan fingerprint density at radius 3 is 2.61 bits per heavy atom. The van der Waals surface area contributed by atoms with E-state index in [0.29, 0.717) is 13.2 Å². The lowest BCUT2D eigenvalue weighted by Crippen LogP contribution is -2.48. The van der Waals surface area contributed by atoms with Crippen LogP contribution in [-0.4, -0.2) is 46.9 Å². The van der Waals surface area contributed by atoms with E-state index in [1.165, 1.54) is 22.3 Å². The van der Waals surface area contributed by atoms with Crippen LogP contribution in [0.4, 0.5) is 0 Å². The number of aromatic nitrogens is 2. The molecule has 2 aromatic rings. The zero-order valence-corrected chi connectivity index (χ0v) is 19.9. The molecule has 7 heteroatoms. The van der Waals surface area contributed by atoms with Crippen LogP contribution < -0.4 is 5.32 Å². The van der Waals surface area contributed by atoms with Crippen LogP contribution >= 0.6 is 24.0 Å². The molecule has 1 aliphatic heterocycles. The van der Waals surface area contributed by atoms with Crippen LogP contribution in [0.5, 0.6) is 0 Å². The summed E-state index contributed by atoms with van der Waals surface area (Å²) in [4.78, 5) is 7.24. The molecule has 0 amide bonds. The zero-order chi connectivity index (χ0) is 19.4. The third-order valence-electron chi connectivity index (χ3n) is 5.02. The van der Waals surface area contributed by atoms with Crippen LogP contribution in [0.25, 0.3) is 0 Å². The molecule has 2 heterocycles. The number of halogens is 1. The van der Waals surface area contributed by atoms with Crippen molar-refractivity contribution in [1.82, 2.24) is 20.0 Å². The lowest BCUT2D eigenvalue weighted by molar-refractivity contribution is -0.00805. The van der Waals surface area contributed by atoms with E-state index in [4.69, 9.17) is 9.73 Å². The van der Waals surface area contributed by atoms with Gasteiger partial charge >= 0.3 is 0 Å². The Balaban J connectivity index is 0.00000280. The molecular weight excluding hydrogens is 465 g/mol. The number of aryl methyl sites for hydroxylation is 4. The van der Waals surface area contributed by atoms with Crippen molar-refractivity contribution in [1.29, 1.82) is 0 Å². The van der Waals surface area contributed by atoms with Crippen molar-refractivity contribution < 1.29 is 4.74 Å². The molecule has 1 atom stereocenters. The predicted octanol–water partition coefficient (Wildman–Crippen LogP) is 3.50. The Kier molecular flexibility index (Phi) is 8.30. The molecule has 1 N–H and O–H groups in total. The summed E-state index contributed by atoms with van der Waals surface area (Å²) in [6.07, 6.45) is 3.94. The first-order valence-electron chi connectivity index (χ1n) is 9.68. The molecule has 0 radical (unpaired) electrons. The fraction of sp³-hybridized carbons (Fsp3) is 0.524. The lowest BCUT2D eigenvalue weighted by atomic mass is 10.00. The molecule has 1 aromatic heterocycles. The van der Waals surface area contributed by atoms with Crippen molar-refractivity contribution in [3.63, 3.8) is 0 Å². The molecule has 154 valence electrons. The molecule has 1 fully saturated rings. The maximum Gasteiger partial charge on any atom is 0.194 e. The maximum atomic E-state index is 5.97. The van der Waals surface area contributed by atoms with Gasteiger partial charge in [-0.15, -0.1) is 24.0 Å². The number of nitrogens with zero attached hydrogens (tertiary/aromatic N) is 4. The minimum atomic E-state index is 0. The Morgan fingerprint density at radius 2 is 2.00 bits per heavy atom. The number of hydrogen-bond acceptors (Lipinski definition) is 3. The van der Waals surface area contributed by atoms with E-state index >= 15 is 0 Å². The van der Waals surface area contributed by atoms with E-state index in [1.807, 2.05) is 24.1 Å². The van der Waals surface area contributed by atoms with E-state index in [-0.39, 0.29) is 30.1 Å². The Morgan fingerprint density at radius 1 is 1.29 bits per heavy atom. The van der Waals surface area contributed by atoms with Gasteiger partial charge in [-0.05, 0) is 44.4 Å². The summed E-state index contributed by atoms with van der Waals surface area (Å²) in [5.74, 6) is 0.953. The Bertz CT molecular complexity index is 794. The SMILES string of the molecule is CCNC(=NCc1c(C)cc(C)cc1C)N1CCOC(c2cnn(C)c2)C1.I. The average Bonchev–Trinajstić information content (AvgIpc) is 3.06. The van der Waals surface area contributed by atoms with Crippen molar-refractivity contribution in [3.8, 4) is 0 Å². The third kappa shape index (κ3) is 5.47. The molecule has 0 bridgehead atoms. The van der Waals surface area contributed by atoms with Gasteiger partial charge in [-0.2, -0.15) is 5.10 Å². The second-order valence-electron chi connectivity index (χ2n) is 7.30. The summed E-state index contributed by atoms with van der Waals surface area (Å²) in [5, 5.41) is 7.72. The van der Waals surface area contributed by atoms with Gasteiger partial charge in [0.15, 0.2) is 5.96 Å². The second kappa shape index (κ2) is 10.2. The van der Waals surface area contributed by atoms with Gasteiger partial charge in [-0.3, -0.25) is 4.68 Å². The van der Waals surface area contributed by atoms with Gasteiger partial charge in [0, 0.05) is 31.9 Å². The molecule has 1 aliphatic rings. The molecular formula is C21H32IN5O. The van der Waals surface area contributed by atoms with Gasteiger partial charge in [0.1, 0.15) is 6.10 Å². The van der Waals surface area contributed by atoms with E-state index < -0.39 is 0 Å².